The Morgan fingerprint density at radius 1 is 1.47 bits per heavy atom. The maximum atomic E-state index is 10.9. The molecule has 1 aromatic carbocycles. The minimum Gasteiger partial charge on any atom is -0.481 e. The van der Waals surface area contributed by atoms with Crippen LogP contribution in [0.25, 0.3) is 11.3 Å². The van der Waals surface area contributed by atoms with E-state index in [1.807, 2.05) is 38.1 Å². The summed E-state index contributed by atoms with van der Waals surface area (Å²) in [4.78, 5) is 18.4. The highest BCUT2D eigenvalue weighted by Crippen LogP contribution is 2.28. The summed E-state index contributed by atoms with van der Waals surface area (Å²) in [5.41, 5.74) is 1.38. The van der Waals surface area contributed by atoms with E-state index in [9.17, 15) is 4.79 Å². The van der Waals surface area contributed by atoms with Gasteiger partial charge in [-0.2, -0.15) is 0 Å². The molecule has 2 aromatic rings. The Labute approximate surface area is 120 Å². The number of carbonyl (C=O) groups is 1. The molecule has 0 aliphatic heterocycles. The third-order valence-electron chi connectivity index (χ3n) is 2.95. The van der Waals surface area contributed by atoms with Crippen LogP contribution in [0.1, 0.15) is 26.1 Å². The second-order valence-corrected chi connectivity index (χ2v) is 6.03. The minimum atomic E-state index is -0.828. The third-order valence-corrected chi connectivity index (χ3v) is 3.44. The number of nitrogens with zero attached hydrogens (tertiary/aromatic N) is 1. The number of aromatic amines is 1. The van der Waals surface area contributed by atoms with Crippen molar-refractivity contribution in [3.63, 3.8) is 0 Å². The molecule has 0 atom stereocenters. The average Bonchev–Trinajstić information content (AvgIpc) is 2.77. The number of carboxylic acids is 1. The smallest absolute Gasteiger partial charge is 0.304 e. The molecule has 2 rings (SSSR count). The Morgan fingerprint density at radius 2 is 2.21 bits per heavy atom. The summed E-state index contributed by atoms with van der Waals surface area (Å²) in [6, 6.07) is 7.87. The van der Waals surface area contributed by atoms with Crippen molar-refractivity contribution in [3.05, 3.63) is 40.8 Å². The fraction of sp³-hybridized carbons (Fsp3) is 0.286. The van der Waals surface area contributed by atoms with Crippen molar-refractivity contribution in [1.82, 2.24) is 9.97 Å². The molecule has 0 saturated heterocycles. The van der Waals surface area contributed by atoms with E-state index in [0.29, 0.717) is 5.82 Å². The third kappa shape index (κ3) is 3.23. The van der Waals surface area contributed by atoms with Gasteiger partial charge in [0.1, 0.15) is 5.82 Å². The van der Waals surface area contributed by atoms with Gasteiger partial charge < -0.3 is 10.1 Å². The first-order chi connectivity index (χ1) is 8.88. The molecular formula is C14H15BrN2O2. The van der Waals surface area contributed by atoms with Crippen LogP contribution in [0.5, 0.6) is 0 Å². The van der Waals surface area contributed by atoms with Crippen LogP contribution in [0, 0.1) is 0 Å². The number of nitrogens with one attached hydrogen (secondary N) is 1. The lowest BCUT2D eigenvalue weighted by Crippen LogP contribution is -2.23. The summed E-state index contributed by atoms with van der Waals surface area (Å²) >= 11 is 3.43. The van der Waals surface area contributed by atoms with Crippen LogP contribution < -0.4 is 0 Å². The highest BCUT2D eigenvalue weighted by molar-refractivity contribution is 9.10. The Hall–Kier alpha value is -1.62. The molecule has 0 fully saturated rings. The lowest BCUT2D eigenvalue weighted by atomic mass is 9.88. The topological polar surface area (TPSA) is 66.0 Å². The van der Waals surface area contributed by atoms with Crippen molar-refractivity contribution in [2.45, 2.75) is 25.7 Å². The van der Waals surface area contributed by atoms with Gasteiger partial charge in [0.15, 0.2) is 0 Å². The molecule has 0 unspecified atom stereocenters. The van der Waals surface area contributed by atoms with Crippen molar-refractivity contribution in [3.8, 4) is 11.3 Å². The van der Waals surface area contributed by atoms with Crippen LogP contribution in [-0.2, 0) is 10.2 Å². The maximum Gasteiger partial charge on any atom is 0.304 e. The highest BCUT2D eigenvalue weighted by atomic mass is 79.9. The van der Waals surface area contributed by atoms with Gasteiger partial charge in [-0.25, -0.2) is 4.98 Å². The molecule has 0 bridgehead atoms. The molecular weight excluding hydrogens is 308 g/mol. The zero-order valence-electron chi connectivity index (χ0n) is 10.8. The standard InChI is InChI=1S/C14H15BrN2O2/c1-14(2,7-12(18)19)13-16-8-11(17-13)9-4-3-5-10(15)6-9/h3-6,8H,7H2,1-2H3,(H,16,17)(H,18,19). The zero-order chi connectivity index (χ0) is 14.0. The molecule has 1 aromatic heterocycles. The second kappa shape index (κ2) is 5.17. The van der Waals surface area contributed by atoms with Gasteiger partial charge in [-0.1, -0.05) is 41.9 Å². The number of rotatable bonds is 4. The largest absolute Gasteiger partial charge is 0.481 e. The fourth-order valence-electron chi connectivity index (χ4n) is 1.93. The maximum absolute atomic E-state index is 10.9. The van der Waals surface area contributed by atoms with E-state index < -0.39 is 11.4 Å². The van der Waals surface area contributed by atoms with E-state index in [4.69, 9.17) is 5.11 Å². The van der Waals surface area contributed by atoms with Crippen molar-refractivity contribution in [2.24, 2.45) is 0 Å². The van der Waals surface area contributed by atoms with Crippen molar-refractivity contribution < 1.29 is 9.90 Å². The fourth-order valence-corrected chi connectivity index (χ4v) is 2.33. The Kier molecular flexibility index (Phi) is 3.75. The van der Waals surface area contributed by atoms with E-state index in [1.165, 1.54) is 0 Å². The number of halogens is 1. The van der Waals surface area contributed by atoms with Gasteiger partial charge in [0.2, 0.25) is 0 Å². The van der Waals surface area contributed by atoms with Gasteiger partial charge in [0, 0.05) is 15.5 Å². The quantitative estimate of drug-likeness (QED) is 0.903. The molecule has 0 aliphatic carbocycles. The molecule has 0 saturated carbocycles. The summed E-state index contributed by atoms with van der Waals surface area (Å²) in [5.74, 6) is -0.143. The summed E-state index contributed by atoms with van der Waals surface area (Å²) < 4.78 is 0.992. The van der Waals surface area contributed by atoms with Gasteiger partial charge in [-0.3, -0.25) is 4.79 Å². The van der Waals surface area contributed by atoms with Crippen molar-refractivity contribution in [2.75, 3.05) is 0 Å². The number of hydrogen-bond donors (Lipinski definition) is 2. The number of benzene rings is 1. The van der Waals surface area contributed by atoms with E-state index in [2.05, 4.69) is 25.9 Å². The first-order valence-corrected chi connectivity index (χ1v) is 6.71. The Morgan fingerprint density at radius 3 is 2.84 bits per heavy atom. The summed E-state index contributed by atoms with van der Waals surface area (Å²) in [6.45, 7) is 3.73. The molecule has 5 heteroatoms. The molecule has 0 spiro atoms. The SMILES string of the molecule is CC(C)(CC(=O)O)c1ncc(-c2cccc(Br)c2)[nH]1. The number of H-pyrrole nitrogens is 1. The summed E-state index contributed by atoms with van der Waals surface area (Å²) in [5, 5.41) is 8.92. The number of aromatic nitrogens is 2. The second-order valence-electron chi connectivity index (χ2n) is 5.11. The molecule has 100 valence electrons. The predicted molar refractivity (Wildman–Crippen MR) is 77.0 cm³/mol. The van der Waals surface area contributed by atoms with Gasteiger partial charge in [0.05, 0.1) is 18.3 Å². The molecule has 4 nitrogen and oxygen atoms in total. The van der Waals surface area contributed by atoms with Crippen LogP contribution in [0.2, 0.25) is 0 Å². The zero-order valence-corrected chi connectivity index (χ0v) is 12.4. The monoisotopic (exact) mass is 322 g/mol. The molecule has 19 heavy (non-hydrogen) atoms. The highest BCUT2D eigenvalue weighted by Gasteiger charge is 2.27. The first kappa shape index (κ1) is 13.8. The summed E-state index contributed by atoms with van der Waals surface area (Å²) in [7, 11) is 0. The van der Waals surface area contributed by atoms with Crippen molar-refractivity contribution >= 4 is 21.9 Å². The molecule has 0 aliphatic rings. The van der Waals surface area contributed by atoms with Crippen LogP contribution in [0.15, 0.2) is 34.9 Å². The van der Waals surface area contributed by atoms with E-state index in [-0.39, 0.29) is 6.42 Å². The molecule has 0 amide bonds. The van der Waals surface area contributed by atoms with Gasteiger partial charge in [-0.05, 0) is 12.1 Å². The summed E-state index contributed by atoms with van der Waals surface area (Å²) in [6.07, 6.45) is 1.78. The van der Waals surface area contributed by atoms with Crippen LogP contribution in [0.3, 0.4) is 0 Å². The van der Waals surface area contributed by atoms with E-state index in [1.54, 1.807) is 6.20 Å². The van der Waals surface area contributed by atoms with Gasteiger partial charge in [0.25, 0.3) is 0 Å². The normalized spacial score (nSPS) is 11.5. The predicted octanol–water partition coefficient (Wildman–Crippen LogP) is 3.59. The Balaban J connectivity index is 2.31. The number of hydrogen-bond acceptors (Lipinski definition) is 2. The number of aliphatic carboxylic acids is 1. The number of imidazole rings is 1. The van der Waals surface area contributed by atoms with Crippen LogP contribution >= 0.6 is 15.9 Å². The molecule has 1 heterocycles. The van der Waals surface area contributed by atoms with E-state index >= 15 is 0 Å². The van der Waals surface area contributed by atoms with Crippen molar-refractivity contribution in [1.29, 1.82) is 0 Å². The number of carboxylic acid groups (broad SMARTS) is 1. The average molecular weight is 323 g/mol. The van der Waals surface area contributed by atoms with Gasteiger partial charge in [-0.15, -0.1) is 0 Å². The minimum absolute atomic E-state index is 0.0401. The van der Waals surface area contributed by atoms with Gasteiger partial charge >= 0.3 is 5.97 Å². The van der Waals surface area contributed by atoms with Crippen LogP contribution in [0.4, 0.5) is 0 Å². The molecule has 0 radical (unpaired) electrons. The lowest BCUT2D eigenvalue weighted by molar-refractivity contribution is -0.138. The lowest BCUT2D eigenvalue weighted by Gasteiger charge is -2.19. The first-order valence-electron chi connectivity index (χ1n) is 5.92. The Bertz CT molecular complexity index is 605. The van der Waals surface area contributed by atoms with Crippen LogP contribution in [-0.4, -0.2) is 21.0 Å². The van der Waals surface area contributed by atoms with E-state index in [0.717, 1.165) is 15.7 Å². The molecule has 2 N–H and O–H groups in total.